The third-order valence-corrected chi connectivity index (χ3v) is 4.24. The van der Waals surface area contributed by atoms with Crippen LogP contribution >= 0.6 is 15.9 Å². The third-order valence-electron chi connectivity index (χ3n) is 3.74. The van der Waals surface area contributed by atoms with Crippen molar-refractivity contribution < 1.29 is 23.5 Å². The van der Waals surface area contributed by atoms with Crippen LogP contribution in [0.25, 0.3) is 11.0 Å². The van der Waals surface area contributed by atoms with E-state index >= 15 is 0 Å². The van der Waals surface area contributed by atoms with E-state index in [0.29, 0.717) is 11.1 Å². The highest BCUT2D eigenvalue weighted by Gasteiger charge is 2.14. The number of rotatable bonds is 7. The van der Waals surface area contributed by atoms with E-state index in [-0.39, 0.29) is 30.0 Å². The summed E-state index contributed by atoms with van der Waals surface area (Å²) in [5.74, 6) is -0.469. The minimum absolute atomic E-state index is 0.119. The Morgan fingerprint density at radius 3 is 2.72 bits per heavy atom. The van der Waals surface area contributed by atoms with E-state index < -0.39 is 17.5 Å². The van der Waals surface area contributed by atoms with Crippen molar-refractivity contribution in [1.29, 1.82) is 0 Å². The van der Waals surface area contributed by atoms with Crippen molar-refractivity contribution in [3.8, 4) is 11.5 Å². The highest BCUT2D eigenvalue weighted by atomic mass is 79.9. The summed E-state index contributed by atoms with van der Waals surface area (Å²) in [7, 11) is 0. The lowest BCUT2D eigenvalue weighted by Crippen LogP contribution is -2.28. The molecule has 1 aromatic heterocycles. The molecule has 1 amide bonds. The summed E-state index contributed by atoms with van der Waals surface area (Å²) in [6, 6.07) is 13.0. The molecular weight excluding hydrogens is 442 g/mol. The third kappa shape index (κ3) is 5.32. The van der Waals surface area contributed by atoms with Gasteiger partial charge in [0.1, 0.15) is 22.6 Å². The van der Waals surface area contributed by atoms with Crippen molar-refractivity contribution in [3.05, 3.63) is 81.6 Å². The number of nitrogens with one attached hydrogen (secondary N) is 1. The Bertz CT molecular complexity index is 1140. The molecule has 1 N–H and O–H groups in total. The maximum atomic E-state index is 12.1. The van der Waals surface area contributed by atoms with Crippen molar-refractivity contribution in [2.75, 3.05) is 13.2 Å². The molecule has 3 rings (SSSR count). The Hall–Kier alpha value is -3.39. The van der Waals surface area contributed by atoms with Crippen LogP contribution in [0.2, 0.25) is 0 Å². The topological polar surface area (TPSA) is 94.8 Å². The zero-order valence-electron chi connectivity index (χ0n) is 15.1. The fraction of sp³-hybridized carbons (Fsp3) is 0.0952. The minimum Gasteiger partial charge on any atom is -0.482 e. The van der Waals surface area contributed by atoms with Gasteiger partial charge < -0.3 is 19.2 Å². The number of carbonyl (C=O) groups is 2. The van der Waals surface area contributed by atoms with Gasteiger partial charge in [-0.1, -0.05) is 28.1 Å². The summed E-state index contributed by atoms with van der Waals surface area (Å²) in [5.41, 5.74) is -0.722. The molecule has 0 bridgehead atoms. The quantitative estimate of drug-likeness (QED) is 0.252. The van der Waals surface area contributed by atoms with Gasteiger partial charge in [-0.3, -0.25) is 4.79 Å². The number of esters is 1. The van der Waals surface area contributed by atoms with E-state index in [4.69, 9.17) is 13.9 Å². The molecule has 8 heteroatoms. The molecule has 29 heavy (non-hydrogen) atoms. The molecular formula is C21H16BrNO6. The van der Waals surface area contributed by atoms with Gasteiger partial charge in [-0.25, -0.2) is 9.59 Å². The molecule has 0 atom stereocenters. The van der Waals surface area contributed by atoms with Crippen LogP contribution in [0, 0.1) is 0 Å². The van der Waals surface area contributed by atoms with Gasteiger partial charge in [0, 0.05) is 22.5 Å². The molecule has 3 aromatic rings. The monoisotopic (exact) mass is 457 g/mol. The van der Waals surface area contributed by atoms with Crippen LogP contribution < -0.4 is 20.4 Å². The van der Waals surface area contributed by atoms with Gasteiger partial charge in [0.05, 0.1) is 0 Å². The van der Waals surface area contributed by atoms with Gasteiger partial charge in [0.15, 0.2) is 6.61 Å². The molecule has 0 aliphatic carbocycles. The van der Waals surface area contributed by atoms with Crippen LogP contribution in [-0.4, -0.2) is 25.0 Å². The summed E-state index contributed by atoms with van der Waals surface area (Å²) >= 11 is 3.32. The maximum Gasteiger partial charge on any atom is 0.349 e. The fourth-order valence-electron chi connectivity index (χ4n) is 2.43. The summed E-state index contributed by atoms with van der Waals surface area (Å²) in [5, 5.41) is 3.03. The van der Waals surface area contributed by atoms with Crippen LogP contribution in [0.5, 0.6) is 11.5 Å². The van der Waals surface area contributed by atoms with Crippen LogP contribution in [0.15, 0.2) is 74.9 Å². The first-order chi connectivity index (χ1) is 14.0. The van der Waals surface area contributed by atoms with E-state index in [0.717, 1.165) is 4.47 Å². The Morgan fingerprint density at radius 2 is 1.97 bits per heavy atom. The second kappa shape index (κ2) is 9.20. The fourth-order valence-corrected chi connectivity index (χ4v) is 2.81. The number of carbonyl (C=O) groups excluding carboxylic acids is 2. The van der Waals surface area contributed by atoms with Crippen LogP contribution in [0.1, 0.15) is 10.4 Å². The van der Waals surface area contributed by atoms with Crippen LogP contribution in [0.4, 0.5) is 0 Å². The summed E-state index contributed by atoms with van der Waals surface area (Å²) in [4.78, 5) is 36.1. The second-order valence-electron chi connectivity index (χ2n) is 5.87. The van der Waals surface area contributed by atoms with Crippen molar-refractivity contribution in [1.82, 2.24) is 5.32 Å². The summed E-state index contributed by atoms with van der Waals surface area (Å²) in [6.07, 6.45) is 1.50. The first kappa shape index (κ1) is 20.3. The molecule has 0 radical (unpaired) electrons. The van der Waals surface area contributed by atoms with Crippen molar-refractivity contribution >= 4 is 38.8 Å². The van der Waals surface area contributed by atoms with Gasteiger partial charge in [0.2, 0.25) is 0 Å². The molecule has 1 heterocycles. The number of hydrogen-bond donors (Lipinski definition) is 1. The Labute approximate surface area is 174 Å². The van der Waals surface area contributed by atoms with Gasteiger partial charge in [-0.05, 0) is 36.4 Å². The minimum atomic E-state index is -0.791. The Balaban J connectivity index is 1.70. The standard InChI is InChI=1S/C21H16BrNO6/c1-2-8-23-20(25)17-9-13-6-7-16(11-18(13)29-21(17)26)28-19(24)12-27-15-5-3-4-14(22)10-15/h2-7,9-11H,1,8,12H2,(H,23,25). The second-order valence-corrected chi connectivity index (χ2v) is 6.78. The SMILES string of the molecule is C=CCNC(=O)c1cc2ccc(OC(=O)COc3cccc(Br)c3)cc2oc1=O. The van der Waals surface area contributed by atoms with Crippen LogP contribution in [0.3, 0.4) is 0 Å². The first-order valence-electron chi connectivity index (χ1n) is 8.52. The highest BCUT2D eigenvalue weighted by molar-refractivity contribution is 9.10. The summed E-state index contributed by atoms with van der Waals surface area (Å²) < 4.78 is 16.6. The molecule has 0 aliphatic rings. The average molecular weight is 458 g/mol. The molecule has 0 saturated carbocycles. The zero-order valence-corrected chi connectivity index (χ0v) is 16.7. The number of ether oxygens (including phenoxy) is 2. The Morgan fingerprint density at radius 1 is 1.14 bits per heavy atom. The lowest BCUT2D eigenvalue weighted by Gasteiger charge is -2.08. The lowest BCUT2D eigenvalue weighted by molar-refractivity contribution is -0.136. The van der Waals surface area contributed by atoms with Gasteiger partial charge in [0.25, 0.3) is 5.91 Å². The average Bonchev–Trinajstić information content (AvgIpc) is 2.70. The maximum absolute atomic E-state index is 12.1. The molecule has 7 nitrogen and oxygen atoms in total. The predicted molar refractivity (Wildman–Crippen MR) is 110 cm³/mol. The highest BCUT2D eigenvalue weighted by Crippen LogP contribution is 2.21. The first-order valence-corrected chi connectivity index (χ1v) is 9.31. The normalized spacial score (nSPS) is 10.4. The van der Waals surface area contributed by atoms with E-state index in [1.54, 1.807) is 24.3 Å². The molecule has 0 spiro atoms. The van der Waals surface area contributed by atoms with Crippen molar-refractivity contribution in [2.24, 2.45) is 0 Å². The number of fused-ring (bicyclic) bond motifs is 1. The molecule has 0 saturated heterocycles. The van der Waals surface area contributed by atoms with Crippen molar-refractivity contribution in [3.63, 3.8) is 0 Å². The molecule has 0 fully saturated rings. The van der Waals surface area contributed by atoms with E-state index in [1.807, 2.05) is 6.07 Å². The van der Waals surface area contributed by atoms with Gasteiger partial charge >= 0.3 is 11.6 Å². The largest absolute Gasteiger partial charge is 0.482 e. The number of hydrogen-bond acceptors (Lipinski definition) is 6. The van der Waals surface area contributed by atoms with Crippen LogP contribution in [-0.2, 0) is 4.79 Å². The summed E-state index contributed by atoms with van der Waals surface area (Å²) in [6.45, 7) is 3.44. The number of benzene rings is 2. The molecule has 0 aliphatic heterocycles. The molecule has 0 unspecified atom stereocenters. The van der Waals surface area contributed by atoms with E-state index in [2.05, 4.69) is 27.8 Å². The zero-order chi connectivity index (χ0) is 20.8. The van der Waals surface area contributed by atoms with E-state index in [1.165, 1.54) is 24.3 Å². The van der Waals surface area contributed by atoms with Crippen molar-refractivity contribution in [2.45, 2.75) is 0 Å². The number of halogens is 1. The van der Waals surface area contributed by atoms with Gasteiger partial charge in [-0.15, -0.1) is 6.58 Å². The predicted octanol–water partition coefficient (Wildman–Crippen LogP) is 3.46. The number of amides is 1. The lowest BCUT2D eigenvalue weighted by atomic mass is 10.1. The van der Waals surface area contributed by atoms with Gasteiger partial charge in [-0.2, -0.15) is 0 Å². The molecule has 2 aromatic carbocycles. The Kier molecular flexibility index (Phi) is 6.46. The molecule has 148 valence electrons. The smallest absolute Gasteiger partial charge is 0.349 e. The van der Waals surface area contributed by atoms with E-state index in [9.17, 15) is 14.4 Å².